The highest BCUT2D eigenvalue weighted by molar-refractivity contribution is 5.99. The third-order valence-corrected chi connectivity index (χ3v) is 3.76. The first-order valence-electron chi connectivity index (χ1n) is 7.75. The zero-order valence-electron chi connectivity index (χ0n) is 13.8. The largest absolute Gasteiger partial charge is 0.435 e. The van der Waals surface area contributed by atoms with Crippen molar-refractivity contribution >= 4 is 22.4 Å². The molecule has 128 valence electrons. The molecule has 2 aromatic carbocycles. The van der Waals surface area contributed by atoms with Gasteiger partial charge in [0.05, 0.1) is 11.2 Å². The maximum absolute atomic E-state index is 12.2. The Kier molecular flexibility index (Phi) is 4.88. The Balaban J connectivity index is 1.77. The molecule has 3 rings (SSSR count). The number of hydrogen-bond acceptors (Lipinski definition) is 4. The van der Waals surface area contributed by atoms with E-state index in [0.717, 1.165) is 22.0 Å². The molecule has 1 N–H and O–H groups in total. The summed E-state index contributed by atoms with van der Waals surface area (Å²) in [6.45, 7) is 1.02. The molecule has 0 aliphatic rings. The van der Waals surface area contributed by atoms with Crippen LogP contribution in [-0.4, -0.2) is 17.3 Å². The highest BCUT2D eigenvalue weighted by atomic mass is 19.3. The lowest BCUT2D eigenvalue weighted by Gasteiger charge is -2.08. The molecule has 0 radical (unpaired) electrons. The van der Waals surface area contributed by atoms with Gasteiger partial charge in [-0.25, -0.2) is 4.98 Å². The molecule has 0 atom stereocenters. The summed E-state index contributed by atoms with van der Waals surface area (Å²) in [5, 5.41) is 5.42. The number of rotatable bonds is 5. The minimum absolute atomic E-state index is 0.117. The number of nitrogens with one attached hydrogen (secondary N) is 1. The summed E-state index contributed by atoms with van der Waals surface area (Å²) in [6.07, 6.45) is 0. The lowest BCUT2D eigenvalue weighted by atomic mass is 10.1. The second kappa shape index (κ2) is 7.25. The molecule has 0 unspecified atom stereocenters. The lowest BCUT2D eigenvalue weighted by Crippen LogP contribution is -2.03. The van der Waals surface area contributed by atoms with Gasteiger partial charge < -0.3 is 4.74 Å². The van der Waals surface area contributed by atoms with E-state index in [9.17, 15) is 8.78 Å². The minimum Gasteiger partial charge on any atom is -0.435 e. The van der Waals surface area contributed by atoms with E-state index in [0.29, 0.717) is 11.5 Å². The molecule has 0 saturated heterocycles. The van der Waals surface area contributed by atoms with Gasteiger partial charge in [-0.1, -0.05) is 18.2 Å². The lowest BCUT2D eigenvalue weighted by molar-refractivity contribution is -0.0498. The van der Waals surface area contributed by atoms with Crippen LogP contribution in [-0.2, 0) is 0 Å². The van der Waals surface area contributed by atoms with Crippen molar-refractivity contribution in [3.63, 3.8) is 0 Å². The predicted molar refractivity (Wildman–Crippen MR) is 95.4 cm³/mol. The van der Waals surface area contributed by atoms with Crippen LogP contribution < -0.4 is 10.2 Å². The van der Waals surface area contributed by atoms with Gasteiger partial charge in [0.2, 0.25) is 0 Å². The van der Waals surface area contributed by atoms with Gasteiger partial charge in [-0.3, -0.25) is 5.43 Å². The second-order valence-corrected chi connectivity index (χ2v) is 5.55. The van der Waals surface area contributed by atoms with E-state index < -0.39 is 6.61 Å². The van der Waals surface area contributed by atoms with Crippen LogP contribution in [0.2, 0.25) is 0 Å². The van der Waals surface area contributed by atoms with Crippen LogP contribution in [0.1, 0.15) is 18.1 Å². The van der Waals surface area contributed by atoms with Crippen molar-refractivity contribution in [1.29, 1.82) is 0 Å². The van der Waals surface area contributed by atoms with Crippen LogP contribution >= 0.6 is 0 Å². The van der Waals surface area contributed by atoms with Crippen LogP contribution in [0.4, 0.5) is 14.6 Å². The number of nitrogens with zero attached hydrogens (tertiary/aromatic N) is 2. The number of hydrogen-bond donors (Lipinski definition) is 1. The van der Waals surface area contributed by atoms with Crippen molar-refractivity contribution in [3.8, 4) is 5.75 Å². The SMILES string of the molecule is C/C(=N\Nc1cc(C)c2ccccc2n1)c1ccc(OC(F)F)cc1. The molecule has 25 heavy (non-hydrogen) atoms. The van der Waals surface area contributed by atoms with Gasteiger partial charge >= 0.3 is 6.61 Å². The van der Waals surface area contributed by atoms with Crippen LogP contribution in [0.25, 0.3) is 10.9 Å². The summed E-state index contributed by atoms with van der Waals surface area (Å²) < 4.78 is 28.7. The molecule has 0 amide bonds. The number of anilines is 1. The van der Waals surface area contributed by atoms with E-state index in [1.165, 1.54) is 12.1 Å². The Morgan fingerprint density at radius 3 is 2.56 bits per heavy atom. The number of aryl methyl sites for hydroxylation is 1. The fourth-order valence-corrected chi connectivity index (χ4v) is 2.49. The minimum atomic E-state index is -2.83. The third kappa shape index (κ3) is 4.09. The summed E-state index contributed by atoms with van der Waals surface area (Å²) in [4.78, 5) is 4.53. The predicted octanol–water partition coefficient (Wildman–Crippen LogP) is 4.98. The van der Waals surface area contributed by atoms with E-state index in [1.54, 1.807) is 12.1 Å². The van der Waals surface area contributed by atoms with Crippen molar-refractivity contribution in [1.82, 2.24) is 4.98 Å². The second-order valence-electron chi connectivity index (χ2n) is 5.55. The first-order chi connectivity index (χ1) is 12.0. The first kappa shape index (κ1) is 16.8. The molecule has 1 aromatic heterocycles. The molecule has 0 fully saturated rings. The van der Waals surface area contributed by atoms with E-state index in [2.05, 4.69) is 20.2 Å². The summed E-state index contributed by atoms with van der Waals surface area (Å²) >= 11 is 0. The van der Waals surface area contributed by atoms with Crippen molar-refractivity contribution in [2.45, 2.75) is 20.5 Å². The van der Waals surface area contributed by atoms with Crippen molar-refractivity contribution < 1.29 is 13.5 Å². The van der Waals surface area contributed by atoms with Crippen molar-refractivity contribution in [2.75, 3.05) is 5.43 Å². The number of fused-ring (bicyclic) bond motifs is 1. The molecule has 0 aliphatic carbocycles. The average Bonchev–Trinajstić information content (AvgIpc) is 2.60. The Morgan fingerprint density at radius 1 is 1.12 bits per heavy atom. The zero-order chi connectivity index (χ0) is 17.8. The van der Waals surface area contributed by atoms with Crippen LogP contribution in [0.3, 0.4) is 0 Å². The van der Waals surface area contributed by atoms with Crippen LogP contribution in [0.5, 0.6) is 5.75 Å². The van der Waals surface area contributed by atoms with E-state index in [-0.39, 0.29) is 5.75 Å². The van der Waals surface area contributed by atoms with Gasteiger partial charge in [-0.05, 0) is 61.4 Å². The molecule has 1 heterocycles. The van der Waals surface area contributed by atoms with Crippen molar-refractivity contribution in [3.05, 3.63) is 65.7 Å². The van der Waals surface area contributed by atoms with Crippen molar-refractivity contribution in [2.24, 2.45) is 5.10 Å². The molecule has 3 aromatic rings. The highest BCUT2D eigenvalue weighted by Crippen LogP contribution is 2.20. The topological polar surface area (TPSA) is 46.5 Å². The normalized spacial score (nSPS) is 11.8. The average molecular weight is 341 g/mol. The summed E-state index contributed by atoms with van der Waals surface area (Å²) in [7, 11) is 0. The van der Waals surface area contributed by atoms with Gasteiger partial charge in [-0.15, -0.1) is 0 Å². The van der Waals surface area contributed by atoms with Gasteiger partial charge in [0.25, 0.3) is 0 Å². The van der Waals surface area contributed by atoms with Gasteiger partial charge in [0, 0.05) is 5.39 Å². The zero-order valence-corrected chi connectivity index (χ0v) is 13.8. The molecular formula is C19H17F2N3O. The van der Waals surface area contributed by atoms with E-state index >= 15 is 0 Å². The Morgan fingerprint density at radius 2 is 1.84 bits per heavy atom. The number of halogens is 2. The van der Waals surface area contributed by atoms with Crippen LogP contribution in [0.15, 0.2) is 59.7 Å². The monoisotopic (exact) mass is 341 g/mol. The maximum atomic E-state index is 12.2. The molecule has 0 spiro atoms. The van der Waals surface area contributed by atoms with Gasteiger partial charge in [0.15, 0.2) is 0 Å². The van der Waals surface area contributed by atoms with E-state index in [1.807, 2.05) is 44.2 Å². The van der Waals surface area contributed by atoms with Crippen LogP contribution in [0, 0.1) is 6.92 Å². The Bertz CT molecular complexity index is 908. The standard InChI is InChI=1S/C19H17F2N3O/c1-12-11-18(22-17-6-4-3-5-16(12)17)24-23-13(2)14-7-9-15(10-8-14)25-19(20)21/h3-11,19H,1-2H3,(H,22,24)/b23-13+. The molecule has 6 heteroatoms. The maximum Gasteiger partial charge on any atom is 0.387 e. The third-order valence-electron chi connectivity index (χ3n) is 3.76. The molecule has 0 saturated carbocycles. The molecule has 0 aliphatic heterocycles. The number of alkyl halides is 2. The number of aromatic nitrogens is 1. The number of hydrazone groups is 1. The summed E-state index contributed by atoms with van der Waals surface area (Å²) in [5.41, 5.74) is 6.45. The van der Waals surface area contributed by atoms with Gasteiger partial charge in [-0.2, -0.15) is 13.9 Å². The molecule has 0 bridgehead atoms. The fourth-order valence-electron chi connectivity index (χ4n) is 2.49. The Hall–Kier alpha value is -3.02. The summed E-state index contributed by atoms with van der Waals surface area (Å²) in [6, 6.07) is 16.2. The number of pyridine rings is 1. The fraction of sp³-hybridized carbons (Fsp3) is 0.158. The highest BCUT2D eigenvalue weighted by Gasteiger charge is 2.05. The summed E-state index contributed by atoms with van der Waals surface area (Å²) in [5.74, 6) is 0.763. The molecule has 4 nitrogen and oxygen atoms in total. The molecular weight excluding hydrogens is 324 g/mol. The number of para-hydroxylation sites is 1. The Labute approximate surface area is 144 Å². The van der Waals surface area contributed by atoms with E-state index in [4.69, 9.17) is 0 Å². The smallest absolute Gasteiger partial charge is 0.387 e. The number of benzene rings is 2. The van der Waals surface area contributed by atoms with Gasteiger partial charge in [0.1, 0.15) is 11.6 Å². The quantitative estimate of drug-likeness (QED) is 0.526. The number of ether oxygens (including phenoxy) is 1. The first-order valence-corrected chi connectivity index (χ1v) is 7.75.